The second-order valence-corrected chi connectivity index (χ2v) is 4.98. The van der Waals surface area contributed by atoms with E-state index in [1.807, 2.05) is 36.5 Å². The summed E-state index contributed by atoms with van der Waals surface area (Å²) < 4.78 is 1.77. The van der Waals surface area contributed by atoms with Crippen LogP contribution in [0.3, 0.4) is 0 Å². The maximum atomic E-state index is 11.8. The zero-order valence-electron chi connectivity index (χ0n) is 11.1. The highest BCUT2D eigenvalue weighted by molar-refractivity contribution is 5.85. The Morgan fingerprint density at radius 1 is 1.37 bits per heavy atom. The largest absolute Gasteiger partial charge is 0.350 e. The van der Waals surface area contributed by atoms with Gasteiger partial charge in [-0.05, 0) is 31.5 Å². The molecule has 3 N–H and O–H groups in total. The van der Waals surface area contributed by atoms with Crippen LogP contribution in [0, 0.1) is 0 Å². The van der Waals surface area contributed by atoms with Gasteiger partial charge in [0.2, 0.25) is 5.91 Å². The number of hydrogen-bond acceptors (Lipinski definition) is 3. The molecule has 0 atom stereocenters. The number of rotatable bonds is 4. The molecule has 0 fully saturated rings. The van der Waals surface area contributed by atoms with Gasteiger partial charge in [0.25, 0.3) is 0 Å². The highest BCUT2D eigenvalue weighted by Crippen LogP contribution is 2.13. The van der Waals surface area contributed by atoms with Crippen molar-refractivity contribution >= 4 is 5.91 Å². The molecule has 1 amide bonds. The third-order valence-corrected chi connectivity index (χ3v) is 2.77. The van der Waals surface area contributed by atoms with Gasteiger partial charge < -0.3 is 11.1 Å². The number of nitrogens with zero attached hydrogens (tertiary/aromatic N) is 2. The fourth-order valence-electron chi connectivity index (χ4n) is 1.70. The fourth-order valence-corrected chi connectivity index (χ4v) is 1.70. The van der Waals surface area contributed by atoms with Crippen molar-refractivity contribution in [3.63, 3.8) is 0 Å². The van der Waals surface area contributed by atoms with Gasteiger partial charge in [-0.2, -0.15) is 5.10 Å². The van der Waals surface area contributed by atoms with Crippen molar-refractivity contribution in [1.82, 2.24) is 15.1 Å². The first-order valence-corrected chi connectivity index (χ1v) is 6.13. The van der Waals surface area contributed by atoms with E-state index in [1.54, 1.807) is 24.7 Å². The third kappa shape index (κ3) is 3.20. The lowest BCUT2D eigenvalue weighted by Crippen LogP contribution is -2.48. The van der Waals surface area contributed by atoms with Gasteiger partial charge in [0.1, 0.15) is 0 Å². The lowest BCUT2D eigenvalue weighted by Gasteiger charge is -2.18. The number of carbonyl (C=O) groups excluding carboxylic acids is 1. The Morgan fingerprint density at radius 2 is 2.11 bits per heavy atom. The molecular formula is C14H18N4O. The zero-order chi connectivity index (χ0) is 13.9. The van der Waals surface area contributed by atoms with Crippen molar-refractivity contribution in [2.24, 2.45) is 5.73 Å². The summed E-state index contributed by atoms with van der Waals surface area (Å²) in [5.41, 5.74) is 6.81. The average molecular weight is 258 g/mol. The maximum absolute atomic E-state index is 11.8. The van der Waals surface area contributed by atoms with Gasteiger partial charge in [-0.3, -0.25) is 4.79 Å². The van der Waals surface area contributed by atoms with Gasteiger partial charge >= 0.3 is 0 Å². The zero-order valence-corrected chi connectivity index (χ0v) is 11.1. The van der Waals surface area contributed by atoms with E-state index < -0.39 is 5.54 Å². The number of para-hydroxylation sites is 1. The van der Waals surface area contributed by atoms with Crippen molar-refractivity contribution in [2.45, 2.75) is 25.9 Å². The van der Waals surface area contributed by atoms with Crippen LogP contribution in [0.15, 0.2) is 42.7 Å². The minimum atomic E-state index is -0.874. The number of nitrogens with one attached hydrogen (secondary N) is 1. The van der Waals surface area contributed by atoms with E-state index in [0.29, 0.717) is 6.54 Å². The number of nitrogens with two attached hydrogens (primary N) is 1. The Morgan fingerprint density at radius 3 is 2.74 bits per heavy atom. The molecule has 1 aromatic carbocycles. The van der Waals surface area contributed by atoms with Crippen LogP contribution in [0.25, 0.3) is 5.69 Å². The number of aromatic nitrogens is 2. The highest BCUT2D eigenvalue weighted by Gasteiger charge is 2.21. The Bertz CT molecular complexity index is 555. The van der Waals surface area contributed by atoms with Crippen molar-refractivity contribution < 1.29 is 4.79 Å². The summed E-state index contributed by atoms with van der Waals surface area (Å²) in [5, 5.41) is 7.04. The van der Waals surface area contributed by atoms with Gasteiger partial charge in [0.15, 0.2) is 0 Å². The SMILES string of the molecule is CC(C)(N)C(=O)NCc1ccccc1-n1cccn1. The third-order valence-electron chi connectivity index (χ3n) is 2.77. The number of hydrogen-bond donors (Lipinski definition) is 2. The van der Waals surface area contributed by atoms with Crippen LogP contribution in [0.4, 0.5) is 0 Å². The molecule has 0 unspecified atom stereocenters. The Labute approximate surface area is 112 Å². The van der Waals surface area contributed by atoms with Gasteiger partial charge in [0.05, 0.1) is 11.2 Å². The summed E-state index contributed by atoms with van der Waals surface area (Å²) in [6, 6.07) is 9.65. The predicted molar refractivity (Wildman–Crippen MR) is 73.7 cm³/mol. The molecule has 2 rings (SSSR count). The second-order valence-electron chi connectivity index (χ2n) is 4.98. The van der Waals surface area contributed by atoms with Gasteiger partial charge in [-0.1, -0.05) is 18.2 Å². The topological polar surface area (TPSA) is 72.9 Å². The molecule has 0 aliphatic heterocycles. The molecule has 5 nitrogen and oxygen atoms in total. The number of carbonyl (C=O) groups is 1. The Hall–Kier alpha value is -2.14. The van der Waals surface area contributed by atoms with E-state index in [2.05, 4.69) is 10.4 Å². The standard InChI is InChI=1S/C14H18N4O/c1-14(2,15)13(19)16-10-11-6-3-4-7-12(11)18-9-5-8-17-18/h3-9H,10,15H2,1-2H3,(H,16,19). The van der Waals surface area contributed by atoms with Crippen LogP contribution in [-0.4, -0.2) is 21.2 Å². The molecule has 2 aromatic rings. The van der Waals surface area contributed by atoms with Crippen LogP contribution in [-0.2, 0) is 11.3 Å². The van der Waals surface area contributed by atoms with E-state index in [4.69, 9.17) is 5.73 Å². The number of benzene rings is 1. The van der Waals surface area contributed by atoms with Crippen LogP contribution in [0.2, 0.25) is 0 Å². The van der Waals surface area contributed by atoms with Crippen LogP contribution >= 0.6 is 0 Å². The normalized spacial score (nSPS) is 11.3. The highest BCUT2D eigenvalue weighted by atomic mass is 16.2. The van der Waals surface area contributed by atoms with E-state index in [0.717, 1.165) is 11.3 Å². The Balaban J connectivity index is 2.16. The molecule has 0 saturated carbocycles. The minimum Gasteiger partial charge on any atom is -0.350 e. The summed E-state index contributed by atoms with van der Waals surface area (Å²) in [6.07, 6.45) is 3.59. The van der Waals surface area contributed by atoms with Gasteiger partial charge in [-0.15, -0.1) is 0 Å². The number of amides is 1. The fraction of sp³-hybridized carbons (Fsp3) is 0.286. The van der Waals surface area contributed by atoms with Crippen LogP contribution in [0.1, 0.15) is 19.4 Å². The first-order valence-electron chi connectivity index (χ1n) is 6.13. The second kappa shape index (κ2) is 5.24. The van der Waals surface area contributed by atoms with Gasteiger partial charge in [0, 0.05) is 18.9 Å². The molecule has 0 saturated heterocycles. The molecule has 0 radical (unpaired) electrons. The van der Waals surface area contributed by atoms with Crippen LogP contribution in [0.5, 0.6) is 0 Å². The summed E-state index contributed by atoms with van der Waals surface area (Å²) in [6.45, 7) is 3.79. The van der Waals surface area contributed by atoms with Crippen molar-refractivity contribution in [3.8, 4) is 5.69 Å². The van der Waals surface area contributed by atoms with Gasteiger partial charge in [-0.25, -0.2) is 4.68 Å². The molecule has 0 aliphatic carbocycles. The minimum absolute atomic E-state index is 0.178. The summed E-state index contributed by atoms with van der Waals surface area (Å²) in [5.74, 6) is -0.178. The lowest BCUT2D eigenvalue weighted by atomic mass is 10.1. The molecular weight excluding hydrogens is 240 g/mol. The summed E-state index contributed by atoms with van der Waals surface area (Å²) >= 11 is 0. The summed E-state index contributed by atoms with van der Waals surface area (Å²) in [7, 11) is 0. The quantitative estimate of drug-likeness (QED) is 0.866. The smallest absolute Gasteiger partial charge is 0.239 e. The van der Waals surface area contributed by atoms with E-state index in [1.165, 1.54) is 0 Å². The van der Waals surface area contributed by atoms with Crippen molar-refractivity contribution in [1.29, 1.82) is 0 Å². The lowest BCUT2D eigenvalue weighted by molar-refractivity contribution is -0.125. The molecule has 0 aliphatic rings. The van der Waals surface area contributed by atoms with E-state index >= 15 is 0 Å². The maximum Gasteiger partial charge on any atom is 0.239 e. The Kier molecular flexibility index (Phi) is 3.66. The van der Waals surface area contributed by atoms with Crippen molar-refractivity contribution in [2.75, 3.05) is 0 Å². The molecule has 0 bridgehead atoms. The van der Waals surface area contributed by atoms with Crippen molar-refractivity contribution in [3.05, 3.63) is 48.3 Å². The predicted octanol–water partition coefficient (Wildman–Crippen LogP) is 1.23. The van der Waals surface area contributed by atoms with Crippen LogP contribution < -0.4 is 11.1 Å². The molecule has 0 spiro atoms. The molecule has 5 heteroatoms. The molecule has 1 heterocycles. The first-order chi connectivity index (χ1) is 8.98. The summed E-state index contributed by atoms with van der Waals surface area (Å²) in [4.78, 5) is 11.8. The molecule has 100 valence electrons. The van der Waals surface area contributed by atoms with E-state index in [-0.39, 0.29) is 5.91 Å². The van der Waals surface area contributed by atoms with E-state index in [9.17, 15) is 4.79 Å². The average Bonchev–Trinajstić information content (AvgIpc) is 2.88. The monoisotopic (exact) mass is 258 g/mol. The first kappa shape index (κ1) is 13.3. The molecule has 19 heavy (non-hydrogen) atoms. The molecule has 1 aromatic heterocycles.